The molecule has 1 atom stereocenters. The summed E-state index contributed by atoms with van der Waals surface area (Å²) in [6, 6.07) is 0. The molecule has 0 spiro atoms. The Morgan fingerprint density at radius 1 is 1.48 bits per heavy atom. The summed E-state index contributed by atoms with van der Waals surface area (Å²) < 4.78 is 10.9. The van der Waals surface area contributed by atoms with Gasteiger partial charge in [0.25, 0.3) is 5.22 Å². The number of likely N-dealkylation sites (N-methyl/N-ethyl adjacent to an activating group) is 1. The average molecular weight is 312 g/mol. The molecular formula is C15H24N2O3S. The zero-order valence-electron chi connectivity index (χ0n) is 13.2. The number of nitrogens with zero attached hydrogens (tertiary/aromatic N) is 1. The molecule has 1 unspecified atom stereocenters. The van der Waals surface area contributed by atoms with E-state index in [9.17, 15) is 4.79 Å². The summed E-state index contributed by atoms with van der Waals surface area (Å²) in [5, 5.41) is 3.99. The molecule has 1 aliphatic rings. The molecule has 1 aromatic rings. The van der Waals surface area contributed by atoms with Crippen LogP contribution in [-0.2, 0) is 9.53 Å². The third-order valence-corrected chi connectivity index (χ3v) is 4.86. The highest BCUT2D eigenvalue weighted by Crippen LogP contribution is 2.43. The van der Waals surface area contributed by atoms with Gasteiger partial charge in [0, 0.05) is 5.75 Å². The largest absolute Gasteiger partial charge is 0.465 e. The van der Waals surface area contributed by atoms with E-state index in [2.05, 4.69) is 10.3 Å². The molecule has 0 bridgehead atoms. The molecule has 6 heteroatoms. The first kappa shape index (κ1) is 16.4. The SMILES string of the molecule is CCNC(CSc1nc(C)c(C)o1)(C(=O)OCC)C1CC1. The zero-order chi connectivity index (χ0) is 15.5. The molecule has 0 saturated heterocycles. The molecule has 0 aromatic carbocycles. The molecule has 1 heterocycles. The van der Waals surface area contributed by atoms with Crippen molar-refractivity contribution >= 4 is 17.7 Å². The van der Waals surface area contributed by atoms with Crippen molar-refractivity contribution in [2.45, 2.75) is 51.3 Å². The van der Waals surface area contributed by atoms with Crippen molar-refractivity contribution in [1.82, 2.24) is 10.3 Å². The van der Waals surface area contributed by atoms with Crippen LogP contribution in [-0.4, -0.2) is 35.4 Å². The van der Waals surface area contributed by atoms with Crippen LogP contribution in [0.15, 0.2) is 9.64 Å². The predicted octanol–water partition coefficient (Wildman–Crippen LogP) is 2.70. The van der Waals surface area contributed by atoms with Crippen LogP contribution in [0.1, 0.15) is 38.1 Å². The fraction of sp³-hybridized carbons (Fsp3) is 0.733. The lowest BCUT2D eigenvalue weighted by Gasteiger charge is -2.31. The number of esters is 1. The molecule has 0 amide bonds. The smallest absolute Gasteiger partial charge is 0.327 e. The second-order valence-corrected chi connectivity index (χ2v) is 6.33. The van der Waals surface area contributed by atoms with Gasteiger partial charge in [-0.25, -0.2) is 4.98 Å². The number of aryl methyl sites for hydroxylation is 2. The van der Waals surface area contributed by atoms with Crippen LogP contribution in [0.3, 0.4) is 0 Å². The van der Waals surface area contributed by atoms with Gasteiger partial charge in [-0.3, -0.25) is 4.79 Å². The zero-order valence-corrected chi connectivity index (χ0v) is 14.0. The van der Waals surface area contributed by atoms with E-state index in [0.29, 0.717) is 23.5 Å². The van der Waals surface area contributed by atoms with Crippen LogP contribution in [0, 0.1) is 19.8 Å². The first-order chi connectivity index (χ1) is 10.0. The summed E-state index contributed by atoms with van der Waals surface area (Å²) in [6.07, 6.45) is 2.13. The summed E-state index contributed by atoms with van der Waals surface area (Å²) in [6.45, 7) is 8.82. The topological polar surface area (TPSA) is 64.4 Å². The first-order valence-electron chi connectivity index (χ1n) is 7.52. The van der Waals surface area contributed by atoms with Crippen LogP contribution in [0.2, 0.25) is 0 Å². The van der Waals surface area contributed by atoms with Crippen molar-refractivity contribution in [3.63, 3.8) is 0 Å². The van der Waals surface area contributed by atoms with Gasteiger partial charge in [-0.1, -0.05) is 18.7 Å². The van der Waals surface area contributed by atoms with E-state index in [-0.39, 0.29) is 5.97 Å². The Bertz CT molecular complexity index is 480. The van der Waals surface area contributed by atoms with Gasteiger partial charge in [-0.05, 0) is 46.1 Å². The standard InChI is InChI=1S/C15H24N2O3S/c1-5-16-15(12-7-8-12,13(18)19-6-2)9-21-14-17-10(3)11(4)20-14/h12,16H,5-9H2,1-4H3. The molecule has 1 aromatic heterocycles. The van der Waals surface area contributed by atoms with E-state index >= 15 is 0 Å². The number of aromatic nitrogens is 1. The number of oxazole rings is 1. The minimum atomic E-state index is -0.619. The maximum absolute atomic E-state index is 12.5. The van der Waals surface area contributed by atoms with Gasteiger partial charge in [-0.15, -0.1) is 0 Å². The maximum atomic E-state index is 12.5. The molecule has 1 N–H and O–H groups in total. The van der Waals surface area contributed by atoms with Gasteiger partial charge in [0.05, 0.1) is 12.3 Å². The van der Waals surface area contributed by atoms with Crippen molar-refractivity contribution in [2.24, 2.45) is 5.92 Å². The molecule has 21 heavy (non-hydrogen) atoms. The number of hydrogen-bond acceptors (Lipinski definition) is 6. The lowest BCUT2D eigenvalue weighted by atomic mass is 9.95. The summed E-state index contributed by atoms with van der Waals surface area (Å²) in [5.74, 6) is 1.61. The summed E-state index contributed by atoms with van der Waals surface area (Å²) in [7, 11) is 0. The lowest BCUT2D eigenvalue weighted by Crippen LogP contribution is -2.57. The number of thioether (sulfide) groups is 1. The number of ether oxygens (including phenoxy) is 1. The summed E-state index contributed by atoms with van der Waals surface area (Å²) >= 11 is 1.48. The minimum Gasteiger partial charge on any atom is -0.465 e. The van der Waals surface area contributed by atoms with E-state index < -0.39 is 5.54 Å². The number of carbonyl (C=O) groups is 1. The third kappa shape index (κ3) is 3.61. The number of carbonyl (C=O) groups excluding carboxylic acids is 1. The van der Waals surface area contributed by atoms with Crippen molar-refractivity contribution in [2.75, 3.05) is 18.9 Å². The fourth-order valence-electron chi connectivity index (χ4n) is 2.44. The Morgan fingerprint density at radius 3 is 2.67 bits per heavy atom. The normalized spacial score (nSPS) is 17.5. The Labute approximate surface area is 130 Å². The molecule has 5 nitrogen and oxygen atoms in total. The van der Waals surface area contributed by atoms with Crippen LogP contribution < -0.4 is 5.32 Å². The van der Waals surface area contributed by atoms with Crippen molar-refractivity contribution in [1.29, 1.82) is 0 Å². The monoisotopic (exact) mass is 312 g/mol. The van der Waals surface area contributed by atoms with E-state index in [1.807, 2.05) is 27.7 Å². The Morgan fingerprint density at radius 2 is 2.19 bits per heavy atom. The molecule has 1 fully saturated rings. The van der Waals surface area contributed by atoms with Crippen LogP contribution in [0.5, 0.6) is 0 Å². The molecule has 1 saturated carbocycles. The van der Waals surface area contributed by atoms with Gasteiger partial charge >= 0.3 is 5.97 Å². The van der Waals surface area contributed by atoms with Gasteiger partial charge < -0.3 is 14.5 Å². The predicted molar refractivity (Wildman–Crippen MR) is 82.5 cm³/mol. The first-order valence-corrected chi connectivity index (χ1v) is 8.51. The number of rotatable bonds is 8. The van der Waals surface area contributed by atoms with Gasteiger partial charge in [0.1, 0.15) is 11.3 Å². The van der Waals surface area contributed by atoms with Crippen molar-refractivity contribution in [3.8, 4) is 0 Å². The van der Waals surface area contributed by atoms with E-state index in [1.165, 1.54) is 11.8 Å². The van der Waals surface area contributed by atoms with Gasteiger partial charge in [0.2, 0.25) is 0 Å². The van der Waals surface area contributed by atoms with Crippen LogP contribution in [0.4, 0.5) is 0 Å². The van der Waals surface area contributed by atoms with Crippen LogP contribution in [0.25, 0.3) is 0 Å². The second kappa shape index (κ2) is 6.83. The Hall–Kier alpha value is -1.01. The molecule has 0 aliphatic heterocycles. The van der Waals surface area contributed by atoms with Crippen LogP contribution >= 0.6 is 11.8 Å². The van der Waals surface area contributed by atoms with Crippen molar-refractivity contribution in [3.05, 3.63) is 11.5 Å². The van der Waals surface area contributed by atoms with E-state index in [0.717, 1.165) is 30.8 Å². The van der Waals surface area contributed by atoms with E-state index in [4.69, 9.17) is 9.15 Å². The second-order valence-electron chi connectivity index (χ2n) is 5.41. The maximum Gasteiger partial charge on any atom is 0.327 e. The number of nitrogens with one attached hydrogen (secondary N) is 1. The molecule has 118 valence electrons. The lowest BCUT2D eigenvalue weighted by molar-refractivity contribution is -0.151. The highest BCUT2D eigenvalue weighted by molar-refractivity contribution is 7.99. The highest BCUT2D eigenvalue weighted by Gasteiger charge is 2.51. The van der Waals surface area contributed by atoms with E-state index in [1.54, 1.807) is 0 Å². The molecule has 1 aliphatic carbocycles. The molecular weight excluding hydrogens is 288 g/mol. The fourth-order valence-corrected chi connectivity index (χ4v) is 3.64. The Kier molecular flexibility index (Phi) is 5.32. The van der Waals surface area contributed by atoms with Gasteiger partial charge in [-0.2, -0.15) is 0 Å². The van der Waals surface area contributed by atoms with Crippen molar-refractivity contribution < 1.29 is 13.9 Å². The third-order valence-electron chi connectivity index (χ3n) is 3.84. The summed E-state index contributed by atoms with van der Waals surface area (Å²) in [5.41, 5.74) is 0.278. The molecule has 0 radical (unpaired) electrons. The van der Waals surface area contributed by atoms with Gasteiger partial charge in [0.15, 0.2) is 0 Å². The number of hydrogen-bond donors (Lipinski definition) is 1. The molecule has 2 rings (SSSR count). The Balaban J connectivity index is 2.12. The quantitative estimate of drug-likeness (QED) is 0.588. The average Bonchev–Trinajstić information content (AvgIpc) is 3.23. The highest BCUT2D eigenvalue weighted by atomic mass is 32.2. The summed E-state index contributed by atoms with van der Waals surface area (Å²) in [4.78, 5) is 16.9. The minimum absolute atomic E-state index is 0.151.